The standard InChI is InChI=1S/C12H24N2O/c1-2-5-13-11(9-15)8-14-7-10-3-4-12(14)6-10/h10-13,15H,2-9H2,1H3. The number of fused-ring (bicyclic) bond motifs is 2. The summed E-state index contributed by atoms with van der Waals surface area (Å²) in [6.07, 6.45) is 5.37. The Labute approximate surface area is 92.8 Å². The van der Waals surface area contributed by atoms with E-state index in [1.54, 1.807) is 0 Å². The van der Waals surface area contributed by atoms with Crippen molar-refractivity contribution in [2.45, 2.75) is 44.7 Å². The van der Waals surface area contributed by atoms with Crippen LogP contribution in [0.3, 0.4) is 0 Å². The molecule has 1 saturated heterocycles. The van der Waals surface area contributed by atoms with Crippen LogP contribution in [0.15, 0.2) is 0 Å². The molecule has 1 heterocycles. The summed E-state index contributed by atoms with van der Waals surface area (Å²) in [4.78, 5) is 2.58. The van der Waals surface area contributed by atoms with Crippen molar-refractivity contribution < 1.29 is 5.11 Å². The first kappa shape index (κ1) is 11.4. The molecule has 1 aliphatic carbocycles. The van der Waals surface area contributed by atoms with Crippen molar-refractivity contribution in [2.75, 3.05) is 26.2 Å². The van der Waals surface area contributed by atoms with Gasteiger partial charge in [-0.3, -0.25) is 4.90 Å². The lowest BCUT2D eigenvalue weighted by molar-refractivity contribution is 0.154. The number of nitrogens with one attached hydrogen (secondary N) is 1. The van der Waals surface area contributed by atoms with Gasteiger partial charge in [-0.15, -0.1) is 0 Å². The molecule has 3 nitrogen and oxygen atoms in total. The van der Waals surface area contributed by atoms with E-state index in [4.69, 9.17) is 0 Å². The minimum absolute atomic E-state index is 0.272. The highest BCUT2D eigenvalue weighted by molar-refractivity contribution is 4.93. The quantitative estimate of drug-likeness (QED) is 0.684. The number of piperidine rings is 1. The molecule has 88 valence electrons. The molecule has 1 aliphatic heterocycles. The molecule has 3 atom stereocenters. The van der Waals surface area contributed by atoms with Gasteiger partial charge in [-0.05, 0) is 38.1 Å². The monoisotopic (exact) mass is 212 g/mol. The number of likely N-dealkylation sites (tertiary alicyclic amines) is 1. The van der Waals surface area contributed by atoms with E-state index in [1.165, 1.54) is 25.8 Å². The first-order valence-corrected chi connectivity index (χ1v) is 6.41. The summed E-state index contributed by atoms with van der Waals surface area (Å²) in [5.74, 6) is 0.959. The van der Waals surface area contributed by atoms with Crippen molar-refractivity contribution in [3.8, 4) is 0 Å². The highest BCUT2D eigenvalue weighted by Gasteiger charge is 2.38. The summed E-state index contributed by atoms with van der Waals surface area (Å²) < 4.78 is 0. The predicted octanol–water partition coefficient (Wildman–Crippen LogP) is 0.831. The maximum atomic E-state index is 9.29. The van der Waals surface area contributed by atoms with Crippen LogP contribution in [0, 0.1) is 5.92 Å². The summed E-state index contributed by atoms with van der Waals surface area (Å²) >= 11 is 0. The molecular formula is C12H24N2O. The van der Waals surface area contributed by atoms with Crippen molar-refractivity contribution >= 4 is 0 Å². The number of hydrogen-bond acceptors (Lipinski definition) is 3. The minimum atomic E-state index is 0.272. The fourth-order valence-electron chi connectivity index (χ4n) is 3.07. The second-order valence-electron chi connectivity index (χ2n) is 5.12. The third kappa shape index (κ3) is 2.71. The van der Waals surface area contributed by atoms with E-state index in [2.05, 4.69) is 17.1 Å². The number of aliphatic hydroxyl groups is 1. The van der Waals surface area contributed by atoms with Crippen LogP contribution in [0.4, 0.5) is 0 Å². The zero-order valence-corrected chi connectivity index (χ0v) is 9.78. The number of hydrogen-bond donors (Lipinski definition) is 2. The van der Waals surface area contributed by atoms with Gasteiger partial charge in [-0.2, -0.15) is 0 Å². The zero-order chi connectivity index (χ0) is 10.7. The molecule has 2 aliphatic rings. The average Bonchev–Trinajstić information content (AvgIpc) is 2.85. The van der Waals surface area contributed by atoms with Crippen molar-refractivity contribution in [3.63, 3.8) is 0 Å². The van der Waals surface area contributed by atoms with E-state index >= 15 is 0 Å². The Morgan fingerprint density at radius 2 is 2.33 bits per heavy atom. The molecule has 2 N–H and O–H groups in total. The fraction of sp³-hybridized carbons (Fsp3) is 1.00. The van der Waals surface area contributed by atoms with Crippen molar-refractivity contribution in [1.29, 1.82) is 0 Å². The van der Waals surface area contributed by atoms with E-state index in [-0.39, 0.29) is 12.6 Å². The van der Waals surface area contributed by atoms with Gasteiger partial charge in [0.2, 0.25) is 0 Å². The van der Waals surface area contributed by atoms with Gasteiger partial charge in [0.15, 0.2) is 0 Å². The third-order valence-electron chi connectivity index (χ3n) is 3.88. The summed E-state index contributed by atoms with van der Waals surface area (Å²) in [6.45, 7) is 5.77. The number of rotatable bonds is 6. The smallest absolute Gasteiger partial charge is 0.0597 e. The Bertz CT molecular complexity index is 198. The van der Waals surface area contributed by atoms with Gasteiger partial charge in [0.05, 0.1) is 6.61 Å². The van der Waals surface area contributed by atoms with Gasteiger partial charge < -0.3 is 10.4 Å². The molecule has 15 heavy (non-hydrogen) atoms. The molecule has 2 rings (SSSR count). The molecule has 0 aromatic heterocycles. The van der Waals surface area contributed by atoms with Gasteiger partial charge in [0.25, 0.3) is 0 Å². The summed E-state index contributed by atoms with van der Waals surface area (Å²) in [6, 6.07) is 1.11. The maximum absolute atomic E-state index is 9.29. The van der Waals surface area contributed by atoms with Crippen molar-refractivity contribution in [3.05, 3.63) is 0 Å². The van der Waals surface area contributed by atoms with Gasteiger partial charge in [0, 0.05) is 25.2 Å². The minimum Gasteiger partial charge on any atom is -0.395 e. The van der Waals surface area contributed by atoms with Gasteiger partial charge in [-0.1, -0.05) is 6.92 Å². The number of aliphatic hydroxyl groups excluding tert-OH is 1. The maximum Gasteiger partial charge on any atom is 0.0597 e. The first-order chi connectivity index (χ1) is 7.33. The Morgan fingerprint density at radius 3 is 2.87 bits per heavy atom. The lowest BCUT2D eigenvalue weighted by Crippen LogP contribution is -2.46. The van der Waals surface area contributed by atoms with E-state index in [0.29, 0.717) is 0 Å². The molecule has 2 fully saturated rings. The van der Waals surface area contributed by atoms with Crippen molar-refractivity contribution in [2.24, 2.45) is 5.92 Å². The van der Waals surface area contributed by atoms with Crippen LogP contribution in [0.5, 0.6) is 0 Å². The normalized spacial score (nSPS) is 32.4. The molecule has 0 amide bonds. The molecular weight excluding hydrogens is 188 g/mol. The Hall–Kier alpha value is -0.120. The number of nitrogens with zero attached hydrogens (tertiary/aromatic N) is 1. The highest BCUT2D eigenvalue weighted by Crippen LogP contribution is 2.37. The van der Waals surface area contributed by atoms with Crippen LogP contribution in [0.2, 0.25) is 0 Å². The average molecular weight is 212 g/mol. The second-order valence-corrected chi connectivity index (χ2v) is 5.12. The molecule has 0 aromatic carbocycles. The van der Waals surface area contributed by atoms with Gasteiger partial charge in [0.1, 0.15) is 0 Å². The van der Waals surface area contributed by atoms with E-state index in [0.717, 1.165) is 31.5 Å². The second kappa shape index (κ2) is 5.28. The summed E-state index contributed by atoms with van der Waals surface area (Å²) in [7, 11) is 0. The molecule has 2 bridgehead atoms. The fourth-order valence-corrected chi connectivity index (χ4v) is 3.07. The lowest BCUT2D eigenvalue weighted by Gasteiger charge is -2.30. The van der Waals surface area contributed by atoms with Gasteiger partial charge >= 0.3 is 0 Å². The largest absolute Gasteiger partial charge is 0.395 e. The van der Waals surface area contributed by atoms with Crippen LogP contribution in [0.25, 0.3) is 0 Å². The predicted molar refractivity (Wildman–Crippen MR) is 61.9 cm³/mol. The molecule has 0 radical (unpaired) electrons. The third-order valence-corrected chi connectivity index (χ3v) is 3.88. The van der Waals surface area contributed by atoms with Crippen LogP contribution in [-0.2, 0) is 0 Å². The first-order valence-electron chi connectivity index (χ1n) is 6.41. The topological polar surface area (TPSA) is 35.5 Å². The Morgan fingerprint density at radius 1 is 1.47 bits per heavy atom. The van der Waals surface area contributed by atoms with Crippen LogP contribution in [0.1, 0.15) is 32.6 Å². The molecule has 3 unspecified atom stereocenters. The van der Waals surface area contributed by atoms with Crippen LogP contribution < -0.4 is 5.32 Å². The summed E-state index contributed by atoms with van der Waals surface area (Å²) in [5.41, 5.74) is 0. The SMILES string of the molecule is CCCNC(CO)CN1CC2CCC1C2. The molecule has 0 spiro atoms. The van der Waals surface area contributed by atoms with E-state index in [1.807, 2.05) is 0 Å². The van der Waals surface area contributed by atoms with E-state index in [9.17, 15) is 5.11 Å². The molecule has 0 aromatic rings. The summed E-state index contributed by atoms with van der Waals surface area (Å²) in [5, 5.41) is 12.7. The highest BCUT2D eigenvalue weighted by atomic mass is 16.3. The van der Waals surface area contributed by atoms with E-state index < -0.39 is 0 Å². The molecule has 1 saturated carbocycles. The van der Waals surface area contributed by atoms with Crippen LogP contribution >= 0.6 is 0 Å². The Kier molecular flexibility index (Phi) is 4.00. The van der Waals surface area contributed by atoms with Gasteiger partial charge in [-0.25, -0.2) is 0 Å². The zero-order valence-electron chi connectivity index (χ0n) is 9.78. The molecule has 3 heteroatoms. The van der Waals surface area contributed by atoms with Crippen molar-refractivity contribution in [1.82, 2.24) is 10.2 Å². The Balaban J connectivity index is 1.74. The lowest BCUT2D eigenvalue weighted by atomic mass is 10.1. The van der Waals surface area contributed by atoms with Crippen LogP contribution in [-0.4, -0.2) is 48.3 Å².